The third-order valence-electron chi connectivity index (χ3n) is 4.57. The number of nitrogens with zero attached hydrogens (tertiary/aromatic N) is 2. The highest BCUT2D eigenvalue weighted by molar-refractivity contribution is 5.97. The zero-order valence-electron chi connectivity index (χ0n) is 12.9. The first-order valence-corrected chi connectivity index (χ1v) is 7.99. The average molecular weight is 316 g/mol. The lowest BCUT2D eigenvalue weighted by atomic mass is 10.1. The van der Waals surface area contributed by atoms with Gasteiger partial charge in [0.25, 0.3) is 5.91 Å². The van der Waals surface area contributed by atoms with E-state index in [1.165, 1.54) is 0 Å². The van der Waals surface area contributed by atoms with E-state index < -0.39 is 11.9 Å². The van der Waals surface area contributed by atoms with Crippen LogP contribution in [0, 0.1) is 5.92 Å². The van der Waals surface area contributed by atoms with Crippen LogP contribution in [0.2, 0.25) is 0 Å². The van der Waals surface area contributed by atoms with Crippen LogP contribution in [0.25, 0.3) is 0 Å². The maximum absolute atomic E-state index is 12.4. The van der Waals surface area contributed by atoms with Gasteiger partial charge in [0, 0.05) is 37.3 Å². The summed E-state index contributed by atoms with van der Waals surface area (Å²) in [5.74, 6) is -1.34. The third-order valence-corrected chi connectivity index (χ3v) is 4.57. The average Bonchev–Trinajstić information content (AvgIpc) is 3.05. The number of benzene rings is 1. The van der Waals surface area contributed by atoms with Crippen molar-refractivity contribution in [2.75, 3.05) is 24.5 Å². The number of likely N-dealkylation sites (tertiary alicyclic amines) is 1. The van der Waals surface area contributed by atoms with Crippen molar-refractivity contribution in [1.82, 2.24) is 4.90 Å². The molecule has 6 heteroatoms. The highest BCUT2D eigenvalue weighted by Gasteiger charge is 2.31. The fourth-order valence-corrected chi connectivity index (χ4v) is 3.19. The van der Waals surface area contributed by atoms with E-state index in [9.17, 15) is 14.4 Å². The fourth-order valence-electron chi connectivity index (χ4n) is 3.19. The summed E-state index contributed by atoms with van der Waals surface area (Å²) in [7, 11) is 0. The third kappa shape index (κ3) is 3.21. The monoisotopic (exact) mass is 316 g/mol. The van der Waals surface area contributed by atoms with E-state index in [1.54, 1.807) is 34.1 Å². The van der Waals surface area contributed by atoms with Crippen molar-refractivity contribution in [1.29, 1.82) is 0 Å². The van der Waals surface area contributed by atoms with Gasteiger partial charge >= 0.3 is 5.97 Å². The van der Waals surface area contributed by atoms with E-state index in [4.69, 9.17) is 5.11 Å². The number of anilines is 1. The number of carbonyl (C=O) groups is 3. The van der Waals surface area contributed by atoms with Gasteiger partial charge in [-0.3, -0.25) is 14.4 Å². The maximum atomic E-state index is 12.4. The molecule has 0 unspecified atom stereocenters. The molecule has 1 atom stereocenters. The first kappa shape index (κ1) is 15.5. The second kappa shape index (κ2) is 6.40. The number of hydrogen-bond donors (Lipinski definition) is 1. The number of piperidine rings is 1. The van der Waals surface area contributed by atoms with Gasteiger partial charge in [-0.1, -0.05) is 0 Å². The Labute approximate surface area is 134 Å². The van der Waals surface area contributed by atoms with Crippen molar-refractivity contribution in [3.8, 4) is 0 Å². The molecule has 2 aliphatic rings. The molecule has 2 heterocycles. The molecule has 0 radical (unpaired) electrons. The topological polar surface area (TPSA) is 77.9 Å². The van der Waals surface area contributed by atoms with Gasteiger partial charge in [-0.25, -0.2) is 0 Å². The number of rotatable bonds is 3. The summed E-state index contributed by atoms with van der Waals surface area (Å²) >= 11 is 0. The highest BCUT2D eigenvalue weighted by atomic mass is 16.4. The molecule has 2 aliphatic heterocycles. The molecule has 1 aromatic rings. The molecule has 6 nitrogen and oxygen atoms in total. The van der Waals surface area contributed by atoms with Crippen LogP contribution in [0.5, 0.6) is 0 Å². The molecule has 3 rings (SSSR count). The minimum atomic E-state index is -0.848. The predicted octanol–water partition coefficient (Wildman–Crippen LogP) is 1.75. The Morgan fingerprint density at radius 1 is 1.09 bits per heavy atom. The summed E-state index contributed by atoms with van der Waals surface area (Å²) in [6, 6.07) is 7.02. The molecule has 2 fully saturated rings. The Kier molecular flexibility index (Phi) is 4.32. The van der Waals surface area contributed by atoms with Crippen molar-refractivity contribution < 1.29 is 19.5 Å². The molecular weight excluding hydrogens is 296 g/mol. The minimum Gasteiger partial charge on any atom is -0.481 e. The molecule has 1 aromatic carbocycles. The smallest absolute Gasteiger partial charge is 0.308 e. The van der Waals surface area contributed by atoms with Gasteiger partial charge in [0.1, 0.15) is 0 Å². The van der Waals surface area contributed by atoms with Crippen molar-refractivity contribution in [3.63, 3.8) is 0 Å². The number of carboxylic acids is 1. The quantitative estimate of drug-likeness (QED) is 0.921. The second-order valence-corrected chi connectivity index (χ2v) is 6.12. The molecule has 1 N–H and O–H groups in total. The Hall–Kier alpha value is -2.37. The normalized spacial score (nSPS) is 21.6. The zero-order valence-corrected chi connectivity index (χ0v) is 12.9. The van der Waals surface area contributed by atoms with Crippen molar-refractivity contribution >= 4 is 23.5 Å². The van der Waals surface area contributed by atoms with Gasteiger partial charge in [-0.2, -0.15) is 0 Å². The van der Waals surface area contributed by atoms with E-state index in [0.717, 1.165) is 25.1 Å². The number of carbonyl (C=O) groups excluding carboxylic acids is 2. The predicted molar refractivity (Wildman–Crippen MR) is 84.3 cm³/mol. The van der Waals surface area contributed by atoms with Gasteiger partial charge < -0.3 is 14.9 Å². The first-order chi connectivity index (χ1) is 11.1. The molecule has 0 bridgehead atoms. The lowest BCUT2D eigenvalue weighted by Gasteiger charge is -2.27. The molecule has 0 aliphatic carbocycles. The Morgan fingerprint density at radius 3 is 2.43 bits per heavy atom. The maximum Gasteiger partial charge on any atom is 0.308 e. The van der Waals surface area contributed by atoms with E-state index in [-0.39, 0.29) is 18.4 Å². The van der Waals surface area contributed by atoms with Gasteiger partial charge in [-0.05, 0) is 43.5 Å². The zero-order chi connectivity index (χ0) is 16.4. The van der Waals surface area contributed by atoms with Gasteiger partial charge in [-0.15, -0.1) is 0 Å². The highest BCUT2D eigenvalue weighted by Crippen LogP contribution is 2.23. The van der Waals surface area contributed by atoms with Crippen LogP contribution in [0.1, 0.15) is 36.0 Å². The lowest BCUT2D eigenvalue weighted by Crippen LogP contribution is -2.35. The summed E-state index contributed by atoms with van der Waals surface area (Å²) in [6.45, 7) is 1.46. The van der Waals surface area contributed by atoms with Crippen LogP contribution in [0.15, 0.2) is 24.3 Å². The van der Waals surface area contributed by atoms with E-state index in [2.05, 4.69) is 0 Å². The van der Waals surface area contributed by atoms with Crippen LogP contribution >= 0.6 is 0 Å². The lowest BCUT2D eigenvalue weighted by molar-refractivity contribution is -0.141. The molecule has 122 valence electrons. The number of aliphatic carboxylic acids is 1. The minimum absolute atomic E-state index is 0.124. The summed E-state index contributed by atoms with van der Waals surface area (Å²) in [5.41, 5.74) is 1.35. The van der Waals surface area contributed by atoms with Gasteiger partial charge in [0.2, 0.25) is 5.91 Å². The van der Waals surface area contributed by atoms with Crippen molar-refractivity contribution in [3.05, 3.63) is 29.8 Å². The van der Waals surface area contributed by atoms with Crippen molar-refractivity contribution in [2.45, 2.75) is 25.7 Å². The summed E-state index contributed by atoms with van der Waals surface area (Å²) in [6.07, 6.45) is 3.01. The fraction of sp³-hybridized carbons (Fsp3) is 0.471. The van der Waals surface area contributed by atoms with E-state index in [0.29, 0.717) is 24.9 Å². The number of hydrogen-bond acceptors (Lipinski definition) is 3. The van der Waals surface area contributed by atoms with Crippen molar-refractivity contribution in [2.24, 2.45) is 5.92 Å². The molecule has 2 amide bonds. The van der Waals surface area contributed by atoms with Gasteiger partial charge in [0.15, 0.2) is 0 Å². The molecular formula is C17H20N2O4. The van der Waals surface area contributed by atoms with Crippen LogP contribution in [-0.4, -0.2) is 47.4 Å². The Balaban J connectivity index is 1.68. The van der Waals surface area contributed by atoms with Crippen LogP contribution in [0.3, 0.4) is 0 Å². The van der Waals surface area contributed by atoms with E-state index in [1.807, 2.05) is 0 Å². The molecule has 23 heavy (non-hydrogen) atoms. The Morgan fingerprint density at radius 2 is 1.83 bits per heavy atom. The van der Waals surface area contributed by atoms with E-state index >= 15 is 0 Å². The summed E-state index contributed by atoms with van der Waals surface area (Å²) < 4.78 is 0. The van der Waals surface area contributed by atoms with Crippen LogP contribution < -0.4 is 4.90 Å². The number of amides is 2. The standard InChI is InChI=1S/C17H20N2O4/c20-15-3-1-2-9-19(15)14-6-4-12(5-7-14)16(21)18-10-8-13(11-18)17(22)23/h4-7,13H,1-3,8-11H2,(H,22,23)/t13-/m1/s1. The molecule has 2 saturated heterocycles. The molecule has 0 spiro atoms. The SMILES string of the molecule is O=C(O)[C@@H]1CCN(C(=O)c2ccc(N3CCCCC3=O)cc2)C1. The summed E-state index contributed by atoms with van der Waals surface area (Å²) in [5, 5.41) is 9.01. The largest absolute Gasteiger partial charge is 0.481 e. The second-order valence-electron chi connectivity index (χ2n) is 6.12. The van der Waals surface area contributed by atoms with Crippen LogP contribution in [0.4, 0.5) is 5.69 Å². The van der Waals surface area contributed by atoms with Gasteiger partial charge in [0.05, 0.1) is 5.92 Å². The Bertz CT molecular complexity index is 626. The van der Waals surface area contributed by atoms with Crippen LogP contribution in [-0.2, 0) is 9.59 Å². The molecule has 0 saturated carbocycles. The molecule has 0 aromatic heterocycles. The first-order valence-electron chi connectivity index (χ1n) is 7.99. The number of carboxylic acid groups (broad SMARTS) is 1. The summed E-state index contributed by atoms with van der Waals surface area (Å²) in [4.78, 5) is 38.7.